The molecule has 6 nitrogen and oxygen atoms in total. The number of aryl methyl sites for hydroxylation is 1. The molecule has 1 aromatic heterocycles. The van der Waals surface area contributed by atoms with Crippen LogP contribution in [0.25, 0.3) is 11.3 Å². The third kappa shape index (κ3) is 4.59. The van der Waals surface area contributed by atoms with Gasteiger partial charge in [-0.25, -0.2) is 9.97 Å². The molecule has 1 fully saturated rings. The molecule has 30 heavy (non-hydrogen) atoms. The molecular weight excluding hydrogens is 376 g/mol. The molecule has 0 bridgehead atoms. The second kappa shape index (κ2) is 8.95. The van der Waals surface area contributed by atoms with Gasteiger partial charge in [0.15, 0.2) is 0 Å². The van der Waals surface area contributed by atoms with Crippen LogP contribution >= 0.6 is 0 Å². The third-order valence-electron chi connectivity index (χ3n) is 5.55. The van der Waals surface area contributed by atoms with Crippen molar-refractivity contribution in [3.63, 3.8) is 0 Å². The van der Waals surface area contributed by atoms with Crippen LogP contribution in [0.3, 0.4) is 0 Å². The van der Waals surface area contributed by atoms with Gasteiger partial charge in [0, 0.05) is 36.3 Å². The predicted molar refractivity (Wildman–Crippen MR) is 119 cm³/mol. The van der Waals surface area contributed by atoms with Crippen LogP contribution in [-0.4, -0.2) is 36.1 Å². The number of nitrogens with one attached hydrogen (secondary N) is 1. The first kappa shape index (κ1) is 19.9. The molecule has 1 aliphatic heterocycles. The van der Waals surface area contributed by atoms with Gasteiger partial charge in [-0.3, -0.25) is 4.79 Å². The minimum atomic E-state index is 0.00163. The van der Waals surface area contributed by atoms with E-state index in [2.05, 4.69) is 51.4 Å². The van der Waals surface area contributed by atoms with Crippen molar-refractivity contribution in [1.29, 1.82) is 0 Å². The molecular formula is C24H26N4O2. The number of methoxy groups -OCH3 is 1. The summed E-state index contributed by atoms with van der Waals surface area (Å²) in [6.07, 6.45) is 3.21. The predicted octanol–water partition coefficient (Wildman–Crippen LogP) is 4.32. The zero-order valence-electron chi connectivity index (χ0n) is 17.3. The van der Waals surface area contributed by atoms with Crippen molar-refractivity contribution < 1.29 is 9.53 Å². The largest absolute Gasteiger partial charge is 0.497 e. The van der Waals surface area contributed by atoms with E-state index in [1.165, 1.54) is 5.56 Å². The Bertz CT molecular complexity index is 994. The van der Waals surface area contributed by atoms with E-state index in [1.54, 1.807) is 13.4 Å². The van der Waals surface area contributed by atoms with Gasteiger partial charge in [-0.05, 0) is 44.0 Å². The molecule has 2 aromatic carbocycles. The Balaban J connectivity index is 1.36. The van der Waals surface area contributed by atoms with E-state index in [0.29, 0.717) is 0 Å². The summed E-state index contributed by atoms with van der Waals surface area (Å²) in [7, 11) is 1.63. The van der Waals surface area contributed by atoms with E-state index in [9.17, 15) is 4.79 Å². The number of carbonyl (C=O) groups is 1. The average molecular weight is 402 g/mol. The van der Waals surface area contributed by atoms with Crippen molar-refractivity contribution in [2.24, 2.45) is 5.92 Å². The van der Waals surface area contributed by atoms with Gasteiger partial charge < -0.3 is 15.0 Å². The number of anilines is 2. The Morgan fingerprint density at radius 1 is 1.03 bits per heavy atom. The first-order chi connectivity index (χ1) is 14.6. The fourth-order valence-corrected chi connectivity index (χ4v) is 3.69. The van der Waals surface area contributed by atoms with Gasteiger partial charge in [0.25, 0.3) is 0 Å². The van der Waals surface area contributed by atoms with E-state index in [0.717, 1.165) is 54.4 Å². The van der Waals surface area contributed by atoms with E-state index < -0.39 is 0 Å². The minimum Gasteiger partial charge on any atom is -0.497 e. The molecule has 0 spiro atoms. The molecule has 0 aliphatic carbocycles. The fraction of sp³-hybridized carbons (Fsp3) is 0.292. The molecule has 3 aromatic rings. The lowest BCUT2D eigenvalue weighted by Crippen LogP contribution is -2.38. The number of amides is 1. The van der Waals surface area contributed by atoms with E-state index in [1.807, 2.05) is 30.3 Å². The summed E-state index contributed by atoms with van der Waals surface area (Å²) in [6.45, 7) is 3.67. The fourth-order valence-electron chi connectivity index (χ4n) is 3.69. The maximum atomic E-state index is 12.6. The van der Waals surface area contributed by atoms with Gasteiger partial charge in [0.05, 0.1) is 12.8 Å². The summed E-state index contributed by atoms with van der Waals surface area (Å²) in [6, 6.07) is 17.8. The smallest absolute Gasteiger partial charge is 0.227 e. The molecule has 1 N–H and O–H groups in total. The summed E-state index contributed by atoms with van der Waals surface area (Å²) in [5.74, 6) is 1.76. The molecule has 0 atom stereocenters. The second-order valence-electron chi connectivity index (χ2n) is 7.61. The van der Waals surface area contributed by atoms with Crippen molar-refractivity contribution >= 4 is 17.4 Å². The van der Waals surface area contributed by atoms with Crippen LogP contribution < -0.4 is 15.0 Å². The SMILES string of the molecule is COc1ccc(NC(=O)C2CCN(c3cc(-c4ccc(C)cc4)ncn3)CC2)cc1. The second-order valence-corrected chi connectivity index (χ2v) is 7.61. The number of ether oxygens (including phenoxy) is 1. The summed E-state index contributed by atoms with van der Waals surface area (Å²) in [4.78, 5) is 23.8. The molecule has 0 radical (unpaired) electrons. The number of rotatable bonds is 5. The monoisotopic (exact) mass is 402 g/mol. The zero-order chi connectivity index (χ0) is 20.9. The first-order valence-electron chi connectivity index (χ1n) is 10.2. The van der Waals surface area contributed by atoms with Crippen LogP contribution in [0, 0.1) is 12.8 Å². The van der Waals surface area contributed by atoms with Crippen molar-refractivity contribution in [2.75, 3.05) is 30.4 Å². The molecule has 1 aliphatic rings. The summed E-state index contributed by atoms with van der Waals surface area (Å²) >= 11 is 0. The van der Waals surface area contributed by atoms with Crippen LogP contribution in [-0.2, 0) is 4.79 Å². The summed E-state index contributed by atoms with van der Waals surface area (Å²) in [5.41, 5.74) is 4.02. The number of hydrogen-bond donors (Lipinski definition) is 1. The number of benzene rings is 2. The van der Waals surface area contributed by atoms with E-state index in [-0.39, 0.29) is 11.8 Å². The number of aromatic nitrogens is 2. The Kier molecular flexibility index (Phi) is 5.93. The van der Waals surface area contributed by atoms with Crippen molar-refractivity contribution in [1.82, 2.24) is 9.97 Å². The lowest BCUT2D eigenvalue weighted by atomic mass is 9.95. The van der Waals surface area contributed by atoms with Crippen LogP contribution in [0.4, 0.5) is 11.5 Å². The topological polar surface area (TPSA) is 67.3 Å². The van der Waals surface area contributed by atoms with Gasteiger partial charge in [-0.2, -0.15) is 0 Å². The standard InChI is InChI=1S/C24H26N4O2/c1-17-3-5-18(6-4-17)22-15-23(26-16-25-22)28-13-11-19(12-14-28)24(29)27-20-7-9-21(30-2)10-8-20/h3-10,15-16,19H,11-14H2,1-2H3,(H,27,29). The summed E-state index contributed by atoms with van der Waals surface area (Å²) in [5, 5.41) is 3.01. The molecule has 1 saturated heterocycles. The molecule has 0 saturated carbocycles. The summed E-state index contributed by atoms with van der Waals surface area (Å²) < 4.78 is 5.16. The first-order valence-corrected chi connectivity index (χ1v) is 10.2. The van der Waals surface area contributed by atoms with Crippen molar-refractivity contribution in [3.05, 3.63) is 66.5 Å². The Morgan fingerprint density at radius 3 is 2.40 bits per heavy atom. The average Bonchev–Trinajstić information content (AvgIpc) is 2.80. The van der Waals surface area contributed by atoms with Crippen LogP contribution in [0.2, 0.25) is 0 Å². The number of piperidine rings is 1. The minimum absolute atomic E-state index is 0.00163. The lowest BCUT2D eigenvalue weighted by Gasteiger charge is -2.32. The number of carbonyl (C=O) groups excluding carboxylic acids is 1. The highest BCUT2D eigenvalue weighted by molar-refractivity contribution is 5.92. The van der Waals surface area contributed by atoms with Gasteiger partial charge in [0.1, 0.15) is 17.9 Å². The quantitative estimate of drug-likeness (QED) is 0.689. The van der Waals surface area contributed by atoms with Gasteiger partial charge in [0.2, 0.25) is 5.91 Å². The maximum absolute atomic E-state index is 12.6. The highest BCUT2D eigenvalue weighted by Crippen LogP contribution is 2.26. The van der Waals surface area contributed by atoms with E-state index in [4.69, 9.17) is 4.74 Å². The molecule has 1 amide bonds. The number of hydrogen-bond acceptors (Lipinski definition) is 5. The van der Waals surface area contributed by atoms with Crippen molar-refractivity contribution in [3.8, 4) is 17.0 Å². The van der Waals surface area contributed by atoms with Gasteiger partial charge in [-0.15, -0.1) is 0 Å². The van der Waals surface area contributed by atoms with Crippen LogP contribution in [0.1, 0.15) is 18.4 Å². The third-order valence-corrected chi connectivity index (χ3v) is 5.55. The molecule has 0 unspecified atom stereocenters. The lowest BCUT2D eigenvalue weighted by molar-refractivity contribution is -0.120. The van der Waals surface area contributed by atoms with Crippen LogP contribution in [0.15, 0.2) is 60.9 Å². The Morgan fingerprint density at radius 2 is 1.73 bits per heavy atom. The van der Waals surface area contributed by atoms with Crippen molar-refractivity contribution in [2.45, 2.75) is 19.8 Å². The zero-order valence-corrected chi connectivity index (χ0v) is 17.3. The maximum Gasteiger partial charge on any atom is 0.227 e. The van der Waals surface area contributed by atoms with Gasteiger partial charge in [-0.1, -0.05) is 29.8 Å². The molecule has 4 rings (SSSR count). The van der Waals surface area contributed by atoms with Crippen LogP contribution in [0.5, 0.6) is 5.75 Å². The Hall–Kier alpha value is -3.41. The highest BCUT2D eigenvalue weighted by Gasteiger charge is 2.26. The highest BCUT2D eigenvalue weighted by atomic mass is 16.5. The molecule has 6 heteroatoms. The number of nitrogens with zero attached hydrogens (tertiary/aromatic N) is 3. The van der Waals surface area contributed by atoms with Gasteiger partial charge >= 0.3 is 0 Å². The Labute approximate surface area is 176 Å². The molecule has 154 valence electrons. The molecule has 2 heterocycles. The van der Waals surface area contributed by atoms with E-state index >= 15 is 0 Å². The normalized spacial score (nSPS) is 14.4.